The van der Waals surface area contributed by atoms with Crippen molar-refractivity contribution in [1.29, 1.82) is 0 Å². The molecule has 0 unspecified atom stereocenters. The fourth-order valence-corrected chi connectivity index (χ4v) is 2.12. The van der Waals surface area contributed by atoms with Crippen molar-refractivity contribution in [3.8, 4) is 12.3 Å². The molecule has 0 rings (SSSR count). The summed E-state index contributed by atoms with van der Waals surface area (Å²) in [5.74, 6) is 1.59. The zero-order valence-corrected chi connectivity index (χ0v) is 17.8. The summed E-state index contributed by atoms with van der Waals surface area (Å²) in [6.45, 7) is 11.5. The molecule has 0 aliphatic carbocycles. The second-order valence-corrected chi connectivity index (χ2v) is 8.30. The Balaban J connectivity index is 3.94. The van der Waals surface area contributed by atoms with Crippen LogP contribution in [-0.2, 0) is 23.9 Å². The summed E-state index contributed by atoms with van der Waals surface area (Å²) in [5, 5.41) is 8.01. The minimum atomic E-state index is -0.356. The zero-order valence-electron chi connectivity index (χ0n) is 17.8. The summed E-state index contributed by atoms with van der Waals surface area (Å²) in [6, 6.07) is 0. The normalized spacial score (nSPS) is 11.4. The lowest BCUT2D eigenvalue weighted by Crippen LogP contribution is -2.37. The molecule has 0 aliphatic heterocycles. The number of terminal acetylenes is 1. The maximum absolute atomic E-state index is 11.7. The molecule has 0 spiro atoms. The number of nitrogens with one attached hydrogen (secondary N) is 3. The third-order valence-corrected chi connectivity index (χ3v) is 3.78. The van der Waals surface area contributed by atoms with Crippen LogP contribution in [0.5, 0.6) is 0 Å². The van der Waals surface area contributed by atoms with Crippen molar-refractivity contribution < 1.29 is 23.9 Å². The lowest BCUT2D eigenvalue weighted by Gasteiger charge is -2.29. The first-order valence-corrected chi connectivity index (χ1v) is 9.34. The van der Waals surface area contributed by atoms with Crippen molar-refractivity contribution in [2.75, 3.05) is 46.1 Å². The van der Waals surface area contributed by atoms with E-state index in [1.807, 2.05) is 13.8 Å². The molecule has 0 aromatic heterocycles. The lowest BCUT2D eigenvalue weighted by molar-refractivity contribution is -0.131. The smallest absolute Gasteiger partial charge is 0.246 e. The van der Waals surface area contributed by atoms with Gasteiger partial charge in [0, 0.05) is 25.4 Å². The summed E-state index contributed by atoms with van der Waals surface area (Å²) >= 11 is 0. The third kappa shape index (κ3) is 15.0. The van der Waals surface area contributed by atoms with Gasteiger partial charge < -0.3 is 25.4 Å². The fraction of sp³-hybridized carbons (Fsp3) is 0.750. The van der Waals surface area contributed by atoms with Crippen LogP contribution >= 0.6 is 0 Å². The van der Waals surface area contributed by atoms with Crippen LogP contribution in [0.3, 0.4) is 0 Å². The molecule has 0 saturated heterocycles. The van der Waals surface area contributed by atoms with E-state index in [9.17, 15) is 14.4 Å². The fourth-order valence-electron chi connectivity index (χ4n) is 2.12. The van der Waals surface area contributed by atoms with Gasteiger partial charge in [-0.1, -0.05) is 33.6 Å². The molecule has 0 heterocycles. The number of amides is 3. The van der Waals surface area contributed by atoms with Gasteiger partial charge in [-0.15, -0.1) is 6.42 Å². The zero-order chi connectivity index (χ0) is 21.6. The van der Waals surface area contributed by atoms with E-state index in [0.29, 0.717) is 26.3 Å². The number of ether oxygens (including phenoxy) is 2. The molecule has 0 fully saturated rings. The van der Waals surface area contributed by atoms with Crippen molar-refractivity contribution in [3.05, 3.63) is 0 Å². The van der Waals surface area contributed by atoms with Crippen LogP contribution in [0.25, 0.3) is 0 Å². The molecule has 3 amide bonds. The number of rotatable bonds is 14. The Labute approximate surface area is 168 Å². The summed E-state index contributed by atoms with van der Waals surface area (Å²) in [4.78, 5) is 34.0. The molecule has 0 aliphatic rings. The van der Waals surface area contributed by atoms with Crippen LogP contribution in [0, 0.1) is 23.2 Å². The van der Waals surface area contributed by atoms with Gasteiger partial charge in [0.25, 0.3) is 0 Å². The summed E-state index contributed by atoms with van der Waals surface area (Å²) in [6.07, 6.45) is 5.76. The molecule has 28 heavy (non-hydrogen) atoms. The Morgan fingerprint density at radius 3 is 2.04 bits per heavy atom. The monoisotopic (exact) mass is 397 g/mol. The SMILES string of the molecule is C#CCNC(=O)COCC(=O)NCCC(C)(C)COCC(C)(C)CNC(C)=O. The maximum Gasteiger partial charge on any atom is 0.246 e. The first-order chi connectivity index (χ1) is 13.0. The molecular weight excluding hydrogens is 362 g/mol. The van der Waals surface area contributed by atoms with E-state index in [0.717, 1.165) is 6.42 Å². The second kappa shape index (κ2) is 13.1. The average molecular weight is 398 g/mol. The van der Waals surface area contributed by atoms with E-state index in [2.05, 4.69) is 35.7 Å². The minimum absolute atomic E-state index is 0.0543. The molecular formula is C20H35N3O5. The Bertz CT molecular complexity index is 553. The third-order valence-electron chi connectivity index (χ3n) is 3.78. The molecule has 0 aromatic rings. The van der Waals surface area contributed by atoms with Crippen LogP contribution < -0.4 is 16.0 Å². The van der Waals surface area contributed by atoms with Crippen LogP contribution in [0.1, 0.15) is 41.0 Å². The van der Waals surface area contributed by atoms with Crippen LogP contribution in [0.2, 0.25) is 0 Å². The first-order valence-electron chi connectivity index (χ1n) is 9.34. The number of hydrogen-bond donors (Lipinski definition) is 3. The van der Waals surface area contributed by atoms with Gasteiger partial charge in [0.1, 0.15) is 13.2 Å². The maximum atomic E-state index is 11.7. The van der Waals surface area contributed by atoms with Crippen LogP contribution in [0.4, 0.5) is 0 Å². The minimum Gasteiger partial charge on any atom is -0.380 e. The predicted octanol–water partition coefficient (Wildman–Crippen LogP) is 0.464. The number of carbonyl (C=O) groups excluding carboxylic acids is 3. The first kappa shape index (κ1) is 25.9. The van der Waals surface area contributed by atoms with E-state index >= 15 is 0 Å². The molecule has 0 saturated carbocycles. The summed E-state index contributed by atoms with van der Waals surface area (Å²) in [7, 11) is 0. The Morgan fingerprint density at radius 1 is 0.893 bits per heavy atom. The van der Waals surface area contributed by atoms with E-state index in [1.54, 1.807) is 0 Å². The van der Waals surface area contributed by atoms with Gasteiger partial charge in [0.2, 0.25) is 17.7 Å². The Kier molecular flexibility index (Phi) is 12.1. The average Bonchev–Trinajstić information content (AvgIpc) is 2.57. The van der Waals surface area contributed by atoms with Gasteiger partial charge in [-0.25, -0.2) is 0 Å². The molecule has 0 radical (unpaired) electrons. The van der Waals surface area contributed by atoms with E-state index in [4.69, 9.17) is 15.9 Å². The van der Waals surface area contributed by atoms with Crippen LogP contribution in [0.15, 0.2) is 0 Å². The molecule has 0 aromatic carbocycles. The number of carbonyl (C=O) groups is 3. The highest BCUT2D eigenvalue weighted by Crippen LogP contribution is 2.22. The van der Waals surface area contributed by atoms with Gasteiger partial charge in [-0.05, 0) is 11.8 Å². The predicted molar refractivity (Wildman–Crippen MR) is 107 cm³/mol. The number of hydrogen-bond acceptors (Lipinski definition) is 5. The summed E-state index contributed by atoms with van der Waals surface area (Å²) in [5.41, 5.74) is -0.271. The lowest BCUT2D eigenvalue weighted by atomic mass is 9.90. The molecule has 0 atom stereocenters. The van der Waals surface area contributed by atoms with E-state index in [1.165, 1.54) is 6.92 Å². The van der Waals surface area contributed by atoms with E-state index in [-0.39, 0.29) is 48.3 Å². The molecule has 160 valence electrons. The highest BCUT2D eigenvalue weighted by Gasteiger charge is 2.23. The van der Waals surface area contributed by atoms with Crippen molar-refractivity contribution in [2.45, 2.75) is 41.0 Å². The van der Waals surface area contributed by atoms with Gasteiger partial charge in [0.15, 0.2) is 0 Å². The standard InChI is InChI=1S/C20H35N3O5/c1-7-9-21-17(25)11-27-12-18(26)22-10-8-19(3,4)14-28-15-20(5,6)13-23-16(2)24/h1H,8-15H2,2-6H3,(H,21,25)(H,22,26)(H,23,24). The van der Waals surface area contributed by atoms with Gasteiger partial charge in [-0.3, -0.25) is 14.4 Å². The molecule has 3 N–H and O–H groups in total. The van der Waals surface area contributed by atoms with Crippen molar-refractivity contribution >= 4 is 17.7 Å². The summed E-state index contributed by atoms with van der Waals surface area (Å²) < 4.78 is 10.9. The largest absolute Gasteiger partial charge is 0.380 e. The Morgan fingerprint density at radius 2 is 1.46 bits per heavy atom. The van der Waals surface area contributed by atoms with Gasteiger partial charge in [0.05, 0.1) is 19.8 Å². The van der Waals surface area contributed by atoms with Crippen molar-refractivity contribution in [2.24, 2.45) is 10.8 Å². The van der Waals surface area contributed by atoms with E-state index < -0.39 is 0 Å². The highest BCUT2D eigenvalue weighted by molar-refractivity contribution is 5.79. The van der Waals surface area contributed by atoms with Crippen molar-refractivity contribution in [3.63, 3.8) is 0 Å². The van der Waals surface area contributed by atoms with Crippen molar-refractivity contribution in [1.82, 2.24) is 16.0 Å². The quantitative estimate of drug-likeness (QED) is 0.369. The molecule has 0 bridgehead atoms. The Hall–Kier alpha value is -2.11. The molecule has 8 nitrogen and oxygen atoms in total. The van der Waals surface area contributed by atoms with Gasteiger partial charge in [-0.2, -0.15) is 0 Å². The molecule has 8 heteroatoms. The highest BCUT2D eigenvalue weighted by atomic mass is 16.5. The second-order valence-electron chi connectivity index (χ2n) is 8.30. The van der Waals surface area contributed by atoms with Crippen LogP contribution in [-0.4, -0.2) is 63.8 Å². The topological polar surface area (TPSA) is 106 Å². The van der Waals surface area contributed by atoms with Gasteiger partial charge >= 0.3 is 0 Å².